The van der Waals surface area contributed by atoms with Crippen LogP contribution in [0.15, 0.2) is 78.9 Å². The minimum Gasteiger partial charge on any atom is -0.490 e. The van der Waals surface area contributed by atoms with Crippen molar-refractivity contribution in [1.82, 2.24) is 16.2 Å². The molecule has 3 rings (SSSR count). The second-order valence-corrected chi connectivity index (χ2v) is 7.41. The Bertz CT molecular complexity index is 1110. The Morgan fingerprint density at radius 1 is 0.794 bits per heavy atom. The van der Waals surface area contributed by atoms with Gasteiger partial charge in [0.05, 0.1) is 12.2 Å². The van der Waals surface area contributed by atoms with E-state index in [-0.39, 0.29) is 5.11 Å². The van der Waals surface area contributed by atoms with Crippen LogP contribution in [0, 0.1) is 0 Å². The molecule has 2 amide bonds. The van der Waals surface area contributed by atoms with Gasteiger partial charge < -0.3 is 14.2 Å². The molecule has 0 atom stereocenters. The van der Waals surface area contributed by atoms with E-state index >= 15 is 0 Å². The van der Waals surface area contributed by atoms with E-state index in [2.05, 4.69) is 16.2 Å². The molecule has 0 radical (unpaired) electrons. The van der Waals surface area contributed by atoms with Crippen LogP contribution < -0.4 is 25.6 Å². The van der Waals surface area contributed by atoms with Crippen LogP contribution in [0.2, 0.25) is 0 Å². The Kier molecular flexibility index (Phi) is 9.39. The molecule has 0 aliphatic heterocycles. The zero-order valence-corrected chi connectivity index (χ0v) is 19.4. The van der Waals surface area contributed by atoms with Crippen LogP contribution in [0.5, 0.6) is 11.5 Å². The molecule has 3 aromatic rings. The Hall–Kier alpha value is -3.95. The molecular weight excluding hydrogens is 454 g/mol. The predicted octanol–water partition coefficient (Wildman–Crippen LogP) is 3.24. The van der Waals surface area contributed by atoms with Crippen molar-refractivity contribution in [3.8, 4) is 11.5 Å². The van der Waals surface area contributed by atoms with Crippen LogP contribution in [0.1, 0.15) is 26.3 Å². The van der Waals surface area contributed by atoms with Gasteiger partial charge in [-0.1, -0.05) is 42.5 Å². The van der Waals surface area contributed by atoms with Gasteiger partial charge >= 0.3 is 0 Å². The lowest BCUT2D eigenvalue weighted by Gasteiger charge is -2.13. The van der Waals surface area contributed by atoms with Crippen molar-refractivity contribution in [2.45, 2.75) is 6.61 Å². The molecule has 9 heteroatoms. The molecule has 34 heavy (non-hydrogen) atoms. The fourth-order valence-electron chi connectivity index (χ4n) is 2.85. The van der Waals surface area contributed by atoms with Crippen LogP contribution in [0.3, 0.4) is 0 Å². The number of carbonyl (C=O) groups excluding carboxylic acids is 2. The number of benzene rings is 3. The van der Waals surface area contributed by atoms with Gasteiger partial charge in [0.1, 0.15) is 24.7 Å². The first kappa shape index (κ1) is 24.7. The zero-order chi connectivity index (χ0) is 24.2. The molecule has 0 aliphatic rings. The maximum atomic E-state index is 12.5. The van der Waals surface area contributed by atoms with Gasteiger partial charge in [-0.3, -0.25) is 25.8 Å². The third-order valence-corrected chi connectivity index (χ3v) is 4.76. The molecule has 176 valence electrons. The molecule has 0 spiro atoms. The summed E-state index contributed by atoms with van der Waals surface area (Å²) in [6, 6.07) is 23.2. The van der Waals surface area contributed by atoms with Crippen molar-refractivity contribution >= 4 is 29.1 Å². The van der Waals surface area contributed by atoms with E-state index in [1.165, 1.54) is 0 Å². The van der Waals surface area contributed by atoms with Crippen molar-refractivity contribution in [1.29, 1.82) is 0 Å². The highest BCUT2D eigenvalue weighted by Crippen LogP contribution is 2.18. The quantitative estimate of drug-likeness (QED) is 0.246. The number of thiocarbonyl (C=S) groups is 1. The van der Waals surface area contributed by atoms with Crippen molar-refractivity contribution in [3.05, 3.63) is 95.6 Å². The van der Waals surface area contributed by atoms with Gasteiger partial charge in [-0.15, -0.1) is 0 Å². The average Bonchev–Trinajstić information content (AvgIpc) is 2.87. The number of nitrogens with one attached hydrogen (secondary N) is 3. The maximum absolute atomic E-state index is 12.5. The molecule has 3 N–H and O–H groups in total. The summed E-state index contributed by atoms with van der Waals surface area (Å²) in [5.41, 5.74) is 6.73. The normalized spacial score (nSPS) is 10.1. The summed E-state index contributed by atoms with van der Waals surface area (Å²) in [5, 5.41) is 2.45. The summed E-state index contributed by atoms with van der Waals surface area (Å²) >= 11 is 5.11. The summed E-state index contributed by atoms with van der Waals surface area (Å²) in [6.45, 7) is 1.13. The van der Waals surface area contributed by atoms with Crippen molar-refractivity contribution in [2.75, 3.05) is 20.3 Å². The molecule has 8 nitrogen and oxygen atoms in total. The fourth-order valence-corrected chi connectivity index (χ4v) is 2.99. The summed E-state index contributed by atoms with van der Waals surface area (Å²) in [4.78, 5) is 24.9. The van der Waals surface area contributed by atoms with Crippen molar-refractivity contribution in [2.24, 2.45) is 0 Å². The molecule has 0 aliphatic carbocycles. The minimum absolute atomic E-state index is 0.0622. The molecule has 0 fully saturated rings. The van der Waals surface area contributed by atoms with Crippen LogP contribution in [-0.4, -0.2) is 37.3 Å². The molecule has 0 unspecified atom stereocenters. The summed E-state index contributed by atoms with van der Waals surface area (Å²) in [5.74, 6) is 0.148. The first-order valence-electron chi connectivity index (χ1n) is 10.5. The maximum Gasteiger partial charge on any atom is 0.269 e. The number of para-hydroxylation sites is 1. The minimum atomic E-state index is -0.473. The average molecular weight is 480 g/mol. The fraction of sp³-hybridized carbons (Fsp3) is 0.160. The van der Waals surface area contributed by atoms with Gasteiger partial charge in [-0.25, -0.2) is 0 Å². The van der Waals surface area contributed by atoms with Gasteiger partial charge in [-0.2, -0.15) is 0 Å². The highest BCUT2D eigenvalue weighted by atomic mass is 32.1. The van der Waals surface area contributed by atoms with Gasteiger partial charge in [0, 0.05) is 12.7 Å². The lowest BCUT2D eigenvalue weighted by atomic mass is 10.2. The second-order valence-electron chi connectivity index (χ2n) is 7.00. The monoisotopic (exact) mass is 479 g/mol. The van der Waals surface area contributed by atoms with Gasteiger partial charge in [0.25, 0.3) is 11.8 Å². The number of hydrogen-bond donors (Lipinski definition) is 3. The lowest BCUT2D eigenvalue weighted by Crippen LogP contribution is -2.48. The standard InChI is InChI=1S/C25H25N3O5S/c1-31-15-16-32-22-10-6-5-9-21(22)24(30)26-25(34)28-27-23(29)19-11-13-20(14-12-19)33-17-18-7-3-2-4-8-18/h2-14H,15-17H2,1H3,(H,27,29)(H2,26,28,30,34). The third kappa shape index (κ3) is 7.58. The van der Waals surface area contributed by atoms with E-state index in [9.17, 15) is 9.59 Å². The first-order valence-corrected chi connectivity index (χ1v) is 10.9. The number of hydrogen-bond acceptors (Lipinski definition) is 6. The SMILES string of the molecule is COCCOc1ccccc1C(=O)NC(=S)NNC(=O)c1ccc(OCc2ccccc2)cc1. The highest BCUT2D eigenvalue weighted by molar-refractivity contribution is 7.80. The van der Waals surface area contributed by atoms with Gasteiger partial charge in [0.15, 0.2) is 5.11 Å². The Morgan fingerprint density at radius 2 is 1.50 bits per heavy atom. The zero-order valence-electron chi connectivity index (χ0n) is 18.6. The Balaban J connectivity index is 1.46. The molecule has 0 saturated carbocycles. The number of hydrazine groups is 1. The lowest BCUT2D eigenvalue weighted by molar-refractivity contribution is 0.0933. The number of carbonyl (C=O) groups is 2. The summed E-state index contributed by atoms with van der Waals surface area (Å²) in [6.07, 6.45) is 0. The summed E-state index contributed by atoms with van der Waals surface area (Å²) < 4.78 is 16.2. The molecule has 0 bridgehead atoms. The van der Waals surface area contributed by atoms with E-state index in [0.29, 0.717) is 42.4 Å². The molecule has 0 aromatic heterocycles. The number of methoxy groups -OCH3 is 1. The molecular formula is C25H25N3O5S. The molecule has 3 aromatic carbocycles. The van der Waals surface area contributed by atoms with Crippen LogP contribution >= 0.6 is 12.2 Å². The predicted molar refractivity (Wildman–Crippen MR) is 132 cm³/mol. The van der Waals surface area contributed by atoms with E-state index in [4.69, 9.17) is 26.4 Å². The highest BCUT2D eigenvalue weighted by Gasteiger charge is 2.14. The van der Waals surface area contributed by atoms with Gasteiger partial charge in [-0.05, 0) is 54.2 Å². The van der Waals surface area contributed by atoms with Crippen molar-refractivity contribution < 1.29 is 23.8 Å². The van der Waals surface area contributed by atoms with Crippen molar-refractivity contribution in [3.63, 3.8) is 0 Å². The Labute approximate surface area is 203 Å². The smallest absolute Gasteiger partial charge is 0.269 e. The van der Waals surface area contributed by atoms with E-state index < -0.39 is 11.8 Å². The first-order chi connectivity index (χ1) is 16.6. The van der Waals surface area contributed by atoms with Crippen LogP contribution in [-0.2, 0) is 11.3 Å². The number of amides is 2. The van der Waals surface area contributed by atoms with Crippen LogP contribution in [0.4, 0.5) is 0 Å². The third-order valence-electron chi connectivity index (χ3n) is 4.56. The van der Waals surface area contributed by atoms with Crippen LogP contribution in [0.25, 0.3) is 0 Å². The van der Waals surface area contributed by atoms with E-state index in [1.807, 2.05) is 30.3 Å². The molecule has 0 saturated heterocycles. The largest absolute Gasteiger partial charge is 0.490 e. The topological polar surface area (TPSA) is 97.9 Å². The van der Waals surface area contributed by atoms with Gasteiger partial charge in [0.2, 0.25) is 0 Å². The van der Waals surface area contributed by atoms with E-state index in [1.54, 1.807) is 55.6 Å². The molecule has 0 heterocycles. The summed E-state index contributed by atoms with van der Waals surface area (Å²) in [7, 11) is 1.56. The second kappa shape index (κ2) is 12.9. The number of ether oxygens (including phenoxy) is 3. The van der Waals surface area contributed by atoms with E-state index in [0.717, 1.165) is 5.56 Å². The Morgan fingerprint density at radius 3 is 2.24 bits per heavy atom. The number of rotatable bonds is 9.